The van der Waals surface area contributed by atoms with E-state index >= 15 is 0 Å². The van der Waals surface area contributed by atoms with Crippen LogP contribution in [0.25, 0.3) is 62.9 Å². The first-order chi connectivity index (χ1) is 20.8. The molecule has 0 unspecified atom stereocenters. The number of thiazole rings is 1. The first-order valence-corrected chi connectivity index (χ1v) is 15.5. The molecule has 9 rings (SSSR count). The molecule has 0 saturated heterocycles. The third-order valence-corrected chi connectivity index (χ3v) is 10.1. The lowest BCUT2D eigenvalue weighted by molar-refractivity contribution is 0.669. The van der Waals surface area contributed by atoms with Gasteiger partial charge >= 0.3 is 0 Å². The summed E-state index contributed by atoms with van der Waals surface area (Å²) < 4.78 is 10.1. The zero-order valence-electron chi connectivity index (χ0n) is 22.3. The molecule has 3 heterocycles. The lowest BCUT2D eigenvalue weighted by Crippen LogP contribution is -2.09. The van der Waals surface area contributed by atoms with Crippen molar-refractivity contribution in [3.63, 3.8) is 0 Å². The summed E-state index contributed by atoms with van der Waals surface area (Å²) in [5.41, 5.74) is 7.14. The molecule has 5 heteroatoms. The number of hydrogen-bond donors (Lipinski definition) is 0. The summed E-state index contributed by atoms with van der Waals surface area (Å²) >= 11 is 3.56. The summed E-state index contributed by atoms with van der Waals surface area (Å²) in [7, 11) is 0. The second-order valence-electron chi connectivity index (χ2n) is 10.4. The van der Waals surface area contributed by atoms with Crippen molar-refractivity contribution in [1.82, 2.24) is 4.98 Å². The predicted octanol–water partition coefficient (Wildman–Crippen LogP) is 11.7. The van der Waals surface area contributed by atoms with Gasteiger partial charge in [-0.15, -0.1) is 22.7 Å². The van der Waals surface area contributed by atoms with Gasteiger partial charge in [0.25, 0.3) is 0 Å². The van der Waals surface area contributed by atoms with Crippen LogP contribution in [0.1, 0.15) is 0 Å². The number of thiophene rings is 1. The monoisotopic (exact) mass is 574 g/mol. The highest BCUT2D eigenvalue weighted by Gasteiger charge is 2.19. The van der Waals surface area contributed by atoms with Gasteiger partial charge in [0.1, 0.15) is 16.2 Å². The molecule has 0 spiro atoms. The van der Waals surface area contributed by atoms with Crippen molar-refractivity contribution in [1.29, 1.82) is 0 Å². The average molecular weight is 575 g/mol. The number of benzene rings is 6. The van der Waals surface area contributed by atoms with Gasteiger partial charge in [-0.25, -0.2) is 4.98 Å². The molecular weight excluding hydrogens is 553 g/mol. The Morgan fingerprint density at radius 3 is 2.02 bits per heavy atom. The molecule has 42 heavy (non-hydrogen) atoms. The van der Waals surface area contributed by atoms with Gasteiger partial charge in [0, 0.05) is 48.2 Å². The largest absolute Gasteiger partial charge is 0.456 e. The van der Waals surface area contributed by atoms with Crippen molar-refractivity contribution in [3.05, 3.63) is 133 Å². The van der Waals surface area contributed by atoms with Gasteiger partial charge in [0.15, 0.2) is 0 Å². The predicted molar refractivity (Wildman–Crippen MR) is 180 cm³/mol. The van der Waals surface area contributed by atoms with Crippen LogP contribution in [0.15, 0.2) is 138 Å². The van der Waals surface area contributed by atoms with Crippen molar-refractivity contribution in [2.45, 2.75) is 0 Å². The Balaban J connectivity index is 1.27. The molecule has 0 N–H and O–H groups in total. The summed E-state index contributed by atoms with van der Waals surface area (Å²) in [5, 5.41) is 5.73. The van der Waals surface area contributed by atoms with Gasteiger partial charge in [0.05, 0.1) is 15.6 Å². The zero-order valence-corrected chi connectivity index (χ0v) is 24.0. The van der Waals surface area contributed by atoms with Crippen molar-refractivity contribution in [3.8, 4) is 10.6 Å². The molecule has 0 saturated carbocycles. The normalized spacial score (nSPS) is 11.8. The second-order valence-corrected chi connectivity index (χ2v) is 12.5. The van der Waals surface area contributed by atoms with E-state index in [1.807, 2.05) is 17.4 Å². The fourth-order valence-corrected chi connectivity index (χ4v) is 8.03. The Hall–Kier alpha value is -4.97. The van der Waals surface area contributed by atoms with Gasteiger partial charge in [-0.2, -0.15) is 0 Å². The van der Waals surface area contributed by atoms with E-state index in [-0.39, 0.29) is 0 Å². The summed E-state index contributed by atoms with van der Waals surface area (Å²) in [6.45, 7) is 0. The Kier molecular flexibility index (Phi) is 5.24. The number of hydrogen-bond acceptors (Lipinski definition) is 5. The maximum atomic E-state index is 6.36. The van der Waals surface area contributed by atoms with Crippen molar-refractivity contribution < 1.29 is 4.42 Å². The fourth-order valence-electron chi connectivity index (χ4n) is 5.96. The Labute approximate surface area is 249 Å². The molecule has 3 aromatic heterocycles. The van der Waals surface area contributed by atoms with E-state index in [9.17, 15) is 0 Å². The fraction of sp³-hybridized carbons (Fsp3) is 0. The standard InChI is InChI=1S/C37H22N2OS2/c1-3-9-23(10-4-1)37-38-36-34(42-37)20-18-31-35(36)29-22-25(15-17-30(29)40-31)39(24-11-5-2-6-12-24)26-16-19-33-28(21-26)27-13-7-8-14-32(27)41-33/h1-22H. The minimum absolute atomic E-state index is 0.858. The topological polar surface area (TPSA) is 29.3 Å². The molecule has 0 aliphatic heterocycles. The molecule has 9 aromatic rings. The highest BCUT2D eigenvalue weighted by Crippen LogP contribution is 2.44. The third kappa shape index (κ3) is 3.68. The SMILES string of the molecule is c1ccc(-c2nc3c(ccc4oc5ccc(N(c6ccccc6)c6ccc7sc8ccccc8c7c6)cc5c43)s2)cc1. The van der Waals surface area contributed by atoms with E-state index in [4.69, 9.17) is 9.40 Å². The van der Waals surface area contributed by atoms with Crippen LogP contribution >= 0.6 is 22.7 Å². The van der Waals surface area contributed by atoms with Gasteiger partial charge in [0.2, 0.25) is 0 Å². The van der Waals surface area contributed by atoms with E-state index < -0.39 is 0 Å². The van der Waals surface area contributed by atoms with Gasteiger partial charge in [-0.3, -0.25) is 0 Å². The van der Waals surface area contributed by atoms with Crippen LogP contribution in [-0.4, -0.2) is 4.98 Å². The number of para-hydroxylation sites is 1. The zero-order chi connectivity index (χ0) is 27.6. The summed E-state index contributed by atoms with van der Waals surface area (Å²) in [6.07, 6.45) is 0. The molecule has 0 bridgehead atoms. The molecule has 198 valence electrons. The number of nitrogens with zero attached hydrogens (tertiary/aromatic N) is 2. The second kappa shape index (κ2) is 9.28. The molecule has 3 nitrogen and oxygen atoms in total. The van der Waals surface area contributed by atoms with E-state index in [1.165, 1.54) is 20.2 Å². The van der Waals surface area contributed by atoms with Crippen LogP contribution in [0, 0.1) is 0 Å². The highest BCUT2D eigenvalue weighted by molar-refractivity contribution is 7.25. The van der Waals surface area contributed by atoms with Crippen molar-refractivity contribution in [2.75, 3.05) is 4.90 Å². The lowest BCUT2D eigenvalue weighted by atomic mass is 10.1. The van der Waals surface area contributed by atoms with E-state index in [1.54, 1.807) is 11.3 Å². The molecule has 0 amide bonds. The van der Waals surface area contributed by atoms with Crippen LogP contribution in [0.2, 0.25) is 0 Å². The molecule has 0 atom stereocenters. The Bertz CT molecular complexity index is 2420. The molecule has 6 aromatic carbocycles. The Morgan fingerprint density at radius 1 is 0.500 bits per heavy atom. The number of rotatable bonds is 4. The van der Waals surface area contributed by atoms with Gasteiger partial charge in [-0.1, -0.05) is 66.7 Å². The van der Waals surface area contributed by atoms with Crippen molar-refractivity contribution in [2.24, 2.45) is 0 Å². The minimum Gasteiger partial charge on any atom is -0.456 e. The third-order valence-electron chi connectivity index (χ3n) is 7.89. The minimum atomic E-state index is 0.858. The van der Waals surface area contributed by atoms with Gasteiger partial charge < -0.3 is 9.32 Å². The number of furan rings is 1. The molecular formula is C37H22N2OS2. The molecule has 0 aliphatic carbocycles. The summed E-state index contributed by atoms with van der Waals surface area (Å²) in [4.78, 5) is 7.46. The first kappa shape index (κ1) is 23.7. The maximum absolute atomic E-state index is 6.36. The number of anilines is 3. The number of fused-ring (bicyclic) bond motifs is 8. The first-order valence-electron chi connectivity index (χ1n) is 13.9. The Morgan fingerprint density at radius 2 is 1.17 bits per heavy atom. The van der Waals surface area contributed by atoms with Crippen LogP contribution in [0.3, 0.4) is 0 Å². The molecule has 0 fully saturated rings. The van der Waals surface area contributed by atoms with Crippen molar-refractivity contribution >= 4 is 92.1 Å². The van der Waals surface area contributed by atoms with E-state index in [2.05, 4.69) is 132 Å². The van der Waals surface area contributed by atoms with Crippen LogP contribution in [0.5, 0.6) is 0 Å². The van der Waals surface area contributed by atoms with Crippen LogP contribution in [0.4, 0.5) is 17.1 Å². The highest BCUT2D eigenvalue weighted by atomic mass is 32.1. The smallest absolute Gasteiger partial charge is 0.137 e. The molecule has 0 aliphatic rings. The summed E-state index contributed by atoms with van der Waals surface area (Å²) in [6, 6.07) is 47.1. The quantitative estimate of drug-likeness (QED) is 0.209. The van der Waals surface area contributed by atoms with Crippen LogP contribution in [-0.2, 0) is 0 Å². The lowest BCUT2D eigenvalue weighted by Gasteiger charge is -2.25. The molecule has 0 radical (unpaired) electrons. The van der Waals surface area contributed by atoms with E-state index in [0.29, 0.717) is 0 Å². The van der Waals surface area contributed by atoms with Gasteiger partial charge in [-0.05, 0) is 66.7 Å². The maximum Gasteiger partial charge on any atom is 0.137 e. The van der Waals surface area contributed by atoms with Crippen LogP contribution < -0.4 is 4.90 Å². The summed E-state index contributed by atoms with van der Waals surface area (Å²) in [5.74, 6) is 0. The van der Waals surface area contributed by atoms with E-state index in [0.717, 1.165) is 59.8 Å². The average Bonchev–Trinajstić information content (AvgIpc) is 3.75. The number of aromatic nitrogens is 1.